The van der Waals surface area contributed by atoms with Crippen LogP contribution in [0.4, 0.5) is 5.82 Å². The number of nitrogens with one attached hydrogen (secondary N) is 1. The fourth-order valence-corrected chi connectivity index (χ4v) is 2.56. The third kappa shape index (κ3) is 2.69. The number of rotatable bonds is 4. The van der Waals surface area contributed by atoms with Gasteiger partial charge in [0.15, 0.2) is 17.3 Å². The van der Waals surface area contributed by atoms with Gasteiger partial charge in [0.05, 0.1) is 0 Å². The van der Waals surface area contributed by atoms with E-state index in [0.29, 0.717) is 12.4 Å². The Morgan fingerprint density at radius 1 is 1.08 bits per heavy atom. The Kier molecular flexibility index (Phi) is 3.63. The molecule has 2 aromatic carbocycles. The van der Waals surface area contributed by atoms with Crippen LogP contribution >= 0.6 is 0 Å². The fraction of sp³-hybridized carbons (Fsp3) is 0.111. The summed E-state index contributed by atoms with van der Waals surface area (Å²) in [7, 11) is 0. The number of hydrogen-bond acceptors (Lipinski definition) is 5. The van der Waals surface area contributed by atoms with E-state index in [1.165, 1.54) is 0 Å². The van der Waals surface area contributed by atoms with E-state index in [2.05, 4.69) is 10.3 Å². The molecule has 0 amide bonds. The highest BCUT2D eigenvalue weighted by molar-refractivity contribution is 5.46. The summed E-state index contributed by atoms with van der Waals surface area (Å²) in [5.74, 6) is 1.76. The predicted molar refractivity (Wildman–Crippen MR) is 89.7 cm³/mol. The van der Waals surface area contributed by atoms with E-state index in [9.17, 15) is 4.79 Å². The van der Waals surface area contributed by atoms with Crippen LogP contribution in [-0.2, 0) is 6.54 Å². The number of benzene rings is 2. The molecule has 120 valence electrons. The average molecular weight is 321 g/mol. The number of nitrogens with zero attached hydrogens (tertiary/aromatic N) is 2. The first kappa shape index (κ1) is 14.3. The van der Waals surface area contributed by atoms with Crippen molar-refractivity contribution in [3.8, 4) is 17.2 Å². The largest absolute Gasteiger partial charge is 0.454 e. The van der Waals surface area contributed by atoms with Gasteiger partial charge in [-0.05, 0) is 29.8 Å². The Balaban J connectivity index is 1.56. The lowest BCUT2D eigenvalue weighted by atomic mass is 10.2. The van der Waals surface area contributed by atoms with Gasteiger partial charge in [0.25, 0.3) is 5.56 Å². The first-order chi connectivity index (χ1) is 11.8. The first-order valence-electron chi connectivity index (χ1n) is 7.57. The van der Waals surface area contributed by atoms with Crippen LogP contribution in [0.5, 0.6) is 11.5 Å². The van der Waals surface area contributed by atoms with Crippen LogP contribution in [0.3, 0.4) is 0 Å². The van der Waals surface area contributed by atoms with E-state index in [1.54, 1.807) is 17.0 Å². The minimum Gasteiger partial charge on any atom is -0.454 e. The van der Waals surface area contributed by atoms with Crippen molar-refractivity contribution in [1.82, 2.24) is 9.55 Å². The molecule has 24 heavy (non-hydrogen) atoms. The van der Waals surface area contributed by atoms with Gasteiger partial charge in [-0.15, -0.1) is 0 Å². The van der Waals surface area contributed by atoms with E-state index in [0.717, 1.165) is 22.7 Å². The summed E-state index contributed by atoms with van der Waals surface area (Å²) in [6.45, 7) is 0.714. The molecule has 0 atom stereocenters. The topological polar surface area (TPSA) is 65.4 Å². The van der Waals surface area contributed by atoms with Crippen LogP contribution < -0.4 is 20.3 Å². The van der Waals surface area contributed by atoms with Gasteiger partial charge < -0.3 is 14.8 Å². The highest BCUT2D eigenvalue weighted by Gasteiger charge is 2.13. The second-order valence-electron chi connectivity index (χ2n) is 5.33. The number of ether oxygens (including phenoxy) is 2. The Bertz CT molecular complexity index is 922. The van der Waals surface area contributed by atoms with Crippen molar-refractivity contribution in [2.24, 2.45) is 0 Å². The molecule has 0 aliphatic carbocycles. The molecular weight excluding hydrogens is 306 g/mol. The van der Waals surface area contributed by atoms with Crippen LogP contribution in [0.2, 0.25) is 0 Å². The molecule has 1 aromatic heterocycles. The number of fused-ring (bicyclic) bond motifs is 1. The molecule has 0 unspecified atom stereocenters. The Labute approximate surface area is 138 Å². The van der Waals surface area contributed by atoms with Gasteiger partial charge in [0, 0.05) is 24.6 Å². The second kappa shape index (κ2) is 6.08. The van der Waals surface area contributed by atoms with Gasteiger partial charge in [-0.3, -0.25) is 9.36 Å². The summed E-state index contributed by atoms with van der Waals surface area (Å²) in [5, 5.41) is 3.09. The molecule has 0 spiro atoms. The van der Waals surface area contributed by atoms with Crippen molar-refractivity contribution >= 4 is 5.82 Å². The summed E-state index contributed by atoms with van der Waals surface area (Å²) < 4.78 is 12.2. The summed E-state index contributed by atoms with van der Waals surface area (Å²) in [5.41, 5.74) is 1.59. The molecule has 1 aliphatic heterocycles. The molecular formula is C18H15N3O3. The standard InChI is InChI=1S/C18H15N3O3/c22-18-17(19-8-9-21(18)14-4-2-1-3-5-14)20-11-13-6-7-15-16(10-13)24-12-23-15/h1-10H,11-12H2,(H,19,20). The van der Waals surface area contributed by atoms with Gasteiger partial charge >= 0.3 is 0 Å². The molecule has 0 bridgehead atoms. The smallest absolute Gasteiger partial charge is 0.297 e. The number of anilines is 1. The summed E-state index contributed by atoms with van der Waals surface area (Å²) in [6.07, 6.45) is 3.26. The molecule has 6 heteroatoms. The Hall–Kier alpha value is -3.28. The molecule has 0 fully saturated rings. The van der Waals surface area contributed by atoms with Gasteiger partial charge in [-0.2, -0.15) is 0 Å². The van der Waals surface area contributed by atoms with Crippen LogP contribution in [0.15, 0.2) is 65.7 Å². The highest BCUT2D eigenvalue weighted by atomic mass is 16.7. The van der Waals surface area contributed by atoms with Crippen LogP contribution in [0, 0.1) is 0 Å². The average Bonchev–Trinajstić information content (AvgIpc) is 3.09. The SMILES string of the molecule is O=c1c(NCc2ccc3c(c2)OCO3)nccn1-c1ccccc1. The zero-order valence-corrected chi connectivity index (χ0v) is 12.8. The summed E-state index contributed by atoms with van der Waals surface area (Å²) in [4.78, 5) is 16.7. The van der Waals surface area contributed by atoms with E-state index >= 15 is 0 Å². The second-order valence-corrected chi connectivity index (χ2v) is 5.33. The minimum absolute atomic E-state index is 0.190. The lowest BCUT2D eigenvalue weighted by molar-refractivity contribution is 0.174. The molecule has 3 aromatic rings. The molecule has 1 N–H and O–H groups in total. The highest BCUT2D eigenvalue weighted by Crippen LogP contribution is 2.32. The van der Waals surface area contributed by atoms with Gasteiger partial charge in [0.1, 0.15) is 0 Å². The van der Waals surface area contributed by atoms with Crippen molar-refractivity contribution in [2.75, 3.05) is 12.1 Å². The lowest BCUT2D eigenvalue weighted by Crippen LogP contribution is -2.22. The number of hydrogen-bond donors (Lipinski definition) is 1. The third-order valence-electron chi connectivity index (χ3n) is 3.77. The van der Waals surface area contributed by atoms with Crippen LogP contribution in [0.1, 0.15) is 5.56 Å². The molecule has 1 aliphatic rings. The summed E-state index contributed by atoms with van der Waals surface area (Å²) in [6, 6.07) is 15.1. The van der Waals surface area contributed by atoms with Crippen molar-refractivity contribution in [2.45, 2.75) is 6.54 Å². The fourth-order valence-electron chi connectivity index (χ4n) is 2.56. The van der Waals surface area contributed by atoms with Crippen molar-refractivity contribution in [3.63, 3.8) is 0 Å². The Morgan fingerprint density at radius 2 is 1.92 bits per heavy atom. The Morgan fingerprint density at radius 3 is 2.79 bits per heavy atom. The quantitative estimate of drug-likeness (QED) is 0.800. The summed E-state index contributed by atoms with van der Waals surface area (Å²) >= 11 is 0. The van der Waals surface area contributed by atoms with Crippen molar-refractivity contribution < 1.29 is 9.47 Å². The predicted octanol–water partition coefficient (Wildman–Crippen LogP) is 2.57. The molecule has 2 heterocycles. The van der Waals surface area contributed by atoms with E-state index in [-0.39, 0.29) is 12.4 Å². The maximum Gasteiger partial charge on any atom is 0.297 e. The molecule has 6 nitrogen and oxygen atoms in total. The van der Waals surface area contributed by atoms with E-state index in [4.69, 9.17) is 9.47 Å². The first-order valence-corrected chi connectivity index (χ1v) is 7.57. The van der Waals surface area contributed by atoms with Gasteiger partial charge in [-0.1, -0.05) is 24.3 Å². The van der Waals surface area contributed by atoms with E-state index < -0.39 is 0 Å². The van der Waals surface area contributed by atoms with Gasteiger partial charge in [0.2, 0.25) is 6.79 Å². The maximum absolute atomic E-state index is 12.6. The van der Waals surface area contributed by atoms with Crippen molar-refractivity contribution in [3.05, 3.63) is 76.8 Å². The van der Waals surface area contributed by atoms with E-state index in [1.807, 2.05) is 48.5 Å². The normalized spacial score (nSPS) is 12.2. The number of aromatic nitrogens is 2. The lowest BCUT2D eigenvalue weighted by Gasteiger charge is -2.09. The zero-order valence-electron chi connectivity index (χ0n) is 12.8. The third-order valence-corrected chi connectivity index (χ3v) is 3.77. The maximum atomic E-state index is 12.6. The molecule has 4 rings (SSSR count). The minimum atomic E-state index is -0.190. The molecule has 0 radical (unpaired) electrons. The monoisotopic (exact) mass is 321 g/mol. The molecule has 0 saturated carbocycles. The zero-order chi connectivity index (χ0) is 16.4. The van der Waals surface area contributed by atoms with Gasteiger partial charge in [-0.25, -0.2) is 4.98 Å². The molecule has 0 saturated heterocycles. The number of para-hydroxylation sites is 1. The van der Waals surface area contributed by atoms with Crippen molar-refractivity contribution in [1.29, 1.82) is 0 Å². The van der Waals surface area contributed by atoms with Crippen LogP contribution in [-0.4, -0.2) is 16.3 Å². The van der Waals surface area contributed by atoms with Crippen LogP contribution in [0.25, 0.3) is 5.69 Å².